The SMILES string of the molecule is c1ccc(-c2cccc3c2oc2ccc(-c4ccc(N(c5ccc6ccccc6c5)c5cccc6c5oc5c7ccccc7ccc65)cc4)cc23)cc1. The Morgan fingerprint density at radius 1 is 0.321 bits per heavy atom. The van der Waals surface area contributed by atoms with Crippen molar-refractivity contribution in [2.45, 2.75) is 0 Å². The van der Waals surface area contributed by atoms with Gasteiger partial charge in [-0.1, -0.05) is 140 Å². The van der Waals surface area contributed by atoms with Crippen molar-refractivity contribution in [2.24, 2.45) is 0 Å². The molecule has 0 radical (unpaired) electrons. The maximum absolute atomic E-state index is 6.86. The van der Waals surface area contributed by atoms with E-state index in [1.54, 1.807) is 0 Å². The minimum absolute atomic E-state index is 0.864. The average Bonchev–Trinajstić information content (AvgIpc) is 3.81. The first-order valence-corrected chi connectivity index (χ1v) is 18.0. The molecule has 0 aliphatic heterocycles. The van der Waals surface area contributed by atoms with E-state index in [4.69, 9.17) is 8.83 Å². The van der Waals surface area contributed by atoms with Gasteiger partial charge in [0.1, 0.15) is 16.7 Å². The second-order valence-corrected chi connectivity index (χ2v) is 13.7. The molecule has 0 spiro atoms. The molecule has 2 heterocycles. The first-order valence-electron chi connectivity index (χ1n) is 18.0. The van der Waals surface area contributed by atoms with Crippen molar-refractivity contribution in [2.75, 3.05) is 4.90 Å². The Kier molecular flexibility index (Phi) is 6.55. The number of benzene rings is 9. The van der Waals surface area contributed by atoms with Gasteiger partial charge in [0.15, 0.2) is 5.58 Å². The number of furan rings is 2. The third-order valence-corrected chi connectivity index (χ3v) is 10.6. The summed E-state index contributed by atoms with van der Waals surface area (Å²) < 4.78 is 13.3. The van der Waals surface area contributed by atoms with Crippen LogP contribution in [0.5, 0.6) is 0 Å². The van der Waals surface area contributed by atoms with Crippen LogP contribution in [0.1, 0.15) is 0 Å². The maximum atomic E-state index is 6.86. The highest BCUT2D eigenvalue weighted by Gasteiger charge is 2.21. The molecule has 0 amide bonds. The molecule has 11 aromatic rings. The second kappa shape index (κ2) is 11.7. The molecular formula is C50H31NO2. The number of nitrogens with zero attached hydrogens (tertiary/aromatic N) is 1. The molecule has 0 aliphatic carbocycles. The Morgan fingerprint density at radius 2 is 0.981 bits per heavy atom. The minimum atomic E-state index is 0.864. The molecular weight excluding hydrogens is 647 g/mol. The van der Waals surface area contributed by atoms with Crippen LogP contribution in [0.15, 0.2) is 197 Å². The van der Waals surface area contributed by atoms with Crippen molar-refractivity contribution in [3.05, 3.63) is 188 Å². The molecule has 248 valence electrons. The lowest BCUT2D eigenvalue weighted by atomic mass is 10.00. The fourth-order valence-electron chi connectivity index (χ4n) is 8.06. The molecule has 3 heteroatoms. The zero-order chi connectivity index (χ0) is 34.9. The van der Waals surface area contributed by atoms with Gasteiger partial charge in [-0.15, -0.1) is 0 Å². The van der Waals surface area contributed by atoms with Crippen LogP contribution in [-0.4, -0.2) is 0 Å². The smallest absolute Gasteiger partial charge is 0.159 e. The van der Waals surface area contributed by atoms with Crippen LogP contribution >= 0.6 is 0 Å². The molecule has 2 aromatic heterocycles. The molecule has 9 aromatic carbocycles. The first-order chi connectivity index (χ1) is 26.3. The monoisotopic (exact) mass is 677 g/mol. The van der Waals surface area contributed by atoms with Crippen molar-refractivity contribution in [3.8, 4) is 22.3 Å². The molecule has 0 unspecified atom stereocenters. The molecule has 11 rings (SSSR count). The van der Waals surface area contributed by atoms with E-state index < -0.39 is 0 Å². The summed E-state index contributed by atoms with van der Waals surface area (Å²) in [6.07, 6.45) is 0. The second-order valence-electron chi connectivity index (χ2n) is 13.7. The van der Waals surface area contributed by atoms with E-state index >= 15 is 0 Å². The Morgan fingerprint density at radius 3 is 1.85 bits per heavy atom. The van der Waals surface area contributed by atoms with Gasteiger partial charge in [-0.05, 0) is 81.4 Å². The highest BCUT2D eigenvalue weighted by molar-refractivity contribution is 6.17. The van der Waals surface area contributed by atoms with Gasteiger partial charge in [-0.25, -0.2) is 0 Å². The molecule has 0 saturated heterocycles. The van der Waals surface area contributed by atoms with Gasteiger partial charge in [0.05, 0.1) is 5.69 Å². The van der Waals surface area contributed by atoms with Gasteiger partial charge in [-0.3, -0.25) is 0 Å². The topological polar surface area (TPSA) is 29.5 Å². The number of hydrogen-bond donors (Lipinski definition) is 0. The summed E-state index contributed by atoms with van der Waals surface area (Å²) in [5, 5.41) is 9.13. The summed E-state index contributed by atoms with van der Waals surface area (Å²) in [5.41, 5.74) is 11.2. The van der Waals surface area contributed by atoms with Crippen LogP contribution in [0.3, 0.4) is 0 Å². The standard InChI is InChI=1S/C50H31NO2/c1-2-11-34(12-3-1)41-16-8-17-43-45-31-37(24-29-47(45)52-48(41)43)33-20-25-38(26-21-33)51(39-27-22-32-10-4-5-14-36(32)30-39)46-19-9-18-42-44-28-23-35-13-6-7-15-40(35)49(44)53-50(42)46/h1-31H. The number of hydrogen-bond acceptors (Lipinski definition) is 3. The average molecular weight is 678 g/mol. The predicted octanol–water partition coefficient (Wildman–Crippen LogP) is 14.6. The van der Waals surface area contributed by atoms with Gasteiger partial charge >= 0.3 is 0 Å². The number of para-hydroxylation sites is 2. The fraction of sp³-hybridized carbons (Fsp3) is 0. The highest BCUT2D eigenvalue weighted by atomic mass is 16.3. The first kappa shape index (κ1) is 29.6. The van der Waals surface area contributed by atoms with Crippen LogP contribution in [-0.2, 0) is 0 Å². The molecule has 3 nitrogen and oxygen atoms in total. The summed E-state index contributed by atoms with van der Waals surface area (Å²) in [4.78, 5) is 2.32. The van der Waals surface area contributed by atoms with Crippen molar-refractivity contribution in [1.82, 2.24) is 0 Å². The van der Waals surface area contributed by atoms with Crippen LogP contribution in [0.25, 0.3) is 87.7 Å². The normalized spacial score (nSPS) is 11.8. The van der Waals surface area contributed by atoms with E-state index in [1.807, 2.05) is 6.07 Å². The third kappa shape index (κ3) is 4.75. The summed E-state index contributed by atoms with van der Waals surface area (Å²) in [7, 11) is 0. The van der Waals surface area contributed by atoms with Gasteiger partial charge in [-0.2, -0.15) is 0 Å². The number of anilines is 3. The number of fused-ring (bicyclic) bond motifs is 9. The van der Waals surface area contributed by atoms with Crippen molar-refractivity contribution in [1.29, 1.82) is 0 Å². The quantitative estimate of drug-likeness (QED) is 0.182. The Bertz CT molecular complexity index is 3170. The minimum Gasteiger partial charge on any atom is -0.455 e. The Labute approximate surface area is 305 Å². The molecule has 0 bridgehead atoms. The van der Waals surface area contributed by atoms with Crippen LogP contribution < -0.4 is 4.90 Å². The predicted molar refractivity (Wildman–Crippen MR) is 222 cm³/mol. The maximum Gasteiger partial charge on any atom is 0.159 e. The van der Waals surface area contributed by atoms with Crippen LogP contribution in [0, 0.1) is 0 Å². The molecule has 0 atom stereocenters. The molecule has 53 heavy (non-hydrogen) atoms. The van der Waals surface area contributed by atoms with E-state index in [9.17, 15) is 0 Å². The summed E-state index contributed by atoms with van der Waals surface area (Å²) in [5.74, 6) is 0. The lowest BCUT2D eigenvalue weighted by Crippen LogP contribution is -2.10. The van der Waals surface area contributed by atoms with E-state index in [-0.39, 0.29) is 0 Å². The molecule has 0 saturated carbocycles. The Balaban J connectivity index is 1.05. The van der Waals surface area contributed by atoms with Gasteiger partial charge in [0.2, 0.25) is 0 Å². The van der Waals surface area contributed by atoms with E-state index in [2.05, 4.69) is 187 Å². The summed E-state index contributed by atoms with van der Waals surface area (Å²) in [6, 6.07) is 66.7. The largest absolute Gasteiger partial charge is 0.455 e. The van der Waals surface area contributed by atoms with Crippen LogP contribution in [0.2, 0.25) is 0 Å². The molecule has 0 fully saturated rings. The lowest BCUT2D eigenvalue weighted by molar-refractivity contribution is 0.670. The fourth-order valence-corrected chi connectivity index (χ4v) is 8.06. The van der Waals surface area contributed by atoms with Crippen molar-refractivity contribution in [3.63, 3.8) is 0 Å². The molecule has 0 aliphatic rings. The van der Waals surface area contributed by atoms with E-state index in [1.165, 1.54) is 16.2 Å². The van der Waals surface area contributed by atoms with Gasteiger partial charge in [0.25, 0.3) is 0 Å². The van der Waals surface area contributed by atoms with E-state index in [0.717, 1.165) is 88.6 Å². The van der Waals surface area contributed by atoms with Crippen molar-refractivity contribution >= 4 is 82.5 Å². The lowest BCUT2D eigenvalue weighted by Gasteiger charge is -2.26. The summed E-state index contributed by atoms with van der Waals surface area (Å²) in [6.45, 7) is 0. The van der Waals surface area contributed by atoms with Gasteiger partial charge < -0.3 is 13.7 Å². The Hall–Kier alpha value is -7.10. The van der Waals surface area contributed by atoms with Crippen molar-refractivity contribution < 1.29 is 8.83 Å². The highest BCUT2D eigenvalue weighted by Crippen LogP contribution is 2.45. The third-order valence-electron chi connectivity index (χ3n) is 10.6. The zero-order valence-corrected chi connectivity index (χ0v) is 28.7. The summed E-state index contributed by atoms with van der Waals surface area (Å²) >= 11 is 0. The van der Waals surface area contributed by atoms with E-state index in [0.29, 0.717) is 0 Å². The van der Waals surface area contributed by atoms with Gasteiger partial charge in [0, 0.05) is 43.9 Å². The number of rotatable bonds is 5. The zero-order valence-electron chi connectivity index (χ0n) is 28.7. The molecule has 0 N–H and O–H groups in total. The van der Waals surface area contributed by atoms with Crippen LogP contribution in [0.4, 0.5) is 17.1 Å².